The van der Waals surface area contributed by atoms with Crippen LogP contribution in [0.3, 0.4) is 0 Å². The van der Waals surface area contributed by atoms with Gasteiger partial charge in [0.2, 0.25) is 10.1 Å². The highest BCUT2D eigenvalue weighted by molar-refractivity contribution is 7.20. The molecular formula is C18H13ClN4O2S. The van der Waals surface area contributed by atoms with Crippen molar-refractivity contribution in [2.45, 2.75) is 0 Å². The van der Waals surface area contributed by atoms with Crippen LogP contribution < -0.4 is 10.1 Å². The van der Waals surface area contributed by atoms with Gasteiger partial charge < -0.3 is 4.74 Å². The molecule has 0 bridgehead atoms. The number of amides is 1. The molecule has 0 saturated carbocycles. The summed E-state index contributed by atoms with van der Waals surface area (Å²) in [6.45, 7) is -0.112. The van der Waals surface area contributed by atoms with Crippen molar-refractivity contribution in [1.29, 1.82) is 0 Å². The lowest BCUT2D eigenvalue weighted by molar-refractivity contribution is -0.118. The van der Waals surface area contributed by atoms with Crippen molar-refractivity contribution < 1.29 is 9.53 Å². The Bertz CT molecular complexity index is 1010. The third-order valence-electron chi connectivity index (χ3n) is 3.54. The molecule has 0 aliphatic heterocycles. The van der Waals surface area contributed by atoms with Crippen molar-refractivity contribution in [2.75, 3.05) is 11.9 Å². The fourth-order valence-electron chi connectivity index (χ4n) is 2.33. The number of aromatic nitrogens is 3. The number of rotatable bonds is 5. The van der Waals surface area contributed by atoms with Crippen molar-refractivity contribution in [3.8, 4) is 17.0 Å². The number of ether oxygens (including phenoxy) is 1. The summed E-state index contributed by atoms with van der Waals surface area (Å²) in [6, 6.07) is 16.7. The molecular weight excluding hydrogens is 372 g/mol. The number of nitrogens with zero attached hydrogens (tertiary/aromatic N) is 3. The molecule has 2 aromatic heterocycles. The maximum Gasteiger partial charge on any atom is 0.264 e. The second-order valence-corrected chi connectivity index (χ2v) is 6.81. The summed E-state index contributed by atoms with van der Waals surface area (Å²) in [6.07, 6.45) is 1.83. The highest BCUT2D eigenvalue weighted by Gasteiger charge is 2.12. The molecule has 6 nitrogen and oxygen atoms in total. The van der Waals surface area contributed by atoms with Crippen molar-refractivity contribution in [3.05, 3.63) is 65.8 Å². The molecule has 0 aliphatic carbocycles. The average molecular weight is 385 g/mol. The summed E-state index contributed by atoms with van der Waals surface area (Å²) in [5, 5.41) is 8.13. The molecule has 0 unspecified atom stereocenters. The molecule has 2 heterocycles. The van der Waals surface area contributed by atoms with E-state index in [4.69, 9.17) is 16.3 Å². The van der Waals surface area contributed by atoms with Crippen molar-refractivity contribution in [1.82, 2.24) is 14.6 Å². The summed E-state index contributed by atoms with van der Waals surface area (Å²) in [4.78, 5) is 17.3. The molecule has 0 saturated heterocycles. The molecule has 26 heavy (non-hydrogen) atoms. The second-order valence-electron chi connectivity index (χ2n) is 5.42. The van der Waals surface area contributed by atoms with Gasteiger partial charge in [-0.15, -0.1) is 5.10 Å². The number of benzene rings is 2. The van der Waals surface area contributed by atoms with Crippen LogP contribution in [0.4, 0.5) is 5.13 Å². The monoisotopic (exact) mass is 384 g/mol. The van der Waals surface area contributed by atoms with Crippen LogP contribution in [0.2, 0.25) is 5.02 Å². The fourth-order valence-corrected chi connectivity index (χ4v) is 3.26. The zero-order chi connectivity index (χ0) is 17.9. The van der Waals surface area contributed by atoms with Gasteiger partial charge >= 0.3 is 0 Å². The standard InChI is InChI=1S/C18H13ClN4O2S/c19-13-6-8-14(9-7-13)25-11-16(24)21-17-22-23-10-15(20-18(23)26-17)12-4-2-1-3-5-12/h1-10H,11H2,(H,21,22,24). The number of fused-ring (bicyclic) bond motifs is 1. The Balaban J connectivity index is 1.40. The number of anilines is 1. The van der Waals surface area contributed by atoms with Gasteiger partial charge in [0.15, 0.2) is 6.61 Å². The third-order valence-corrected chi connectivity index (χ3v) is 4.63. The maximum atomic E-state index is 12.0. The van der Waals surface area contributed by atoms with Crippen LogP contribution in [0.1, 0.15) is 0 Å². The number of imidazole rings is 1. The molecule has 1 amide bonds. The quantitative estimate of drug-likeness (QED) is 0.561. The SMILES string of the molecule is O=C(COc1ccc(Cl)cc1)Nc1nn2cc(-c3ccccc3)nc2s1. The van der Waals surface area contributed by atoms with Crippen LogP contribution in [0.25, 0.3) is 16.2 Å². The van der Waals surface area contributed by atoms with E-state index in [2.05, 4.69) is 15.4 Å². The Kier molecular flexibility index (Phi) is 4.55. The Morgan fingerprint density at radius 1 is 1.15 bits per heavy atom. The lowest BCUT2D eigenvalue weighted by atomic mass is 10.2. The summed E-state index contributed by atoms with van der Waals surface area (Å²) in [7, 11) is 0. The molecule has 0 aliphatic rings. The van der Waals surface area contributed by atoms with E-state index in [1.165, 1.54) is 11.3 Å². The largest absolute Gasteiger partial charge is 0.484 e. The van der Waals surface area contributed by atoms with Gasteiger partial charge in [0.1, 0.15) is 5.75 Å². The lowest BCUT2D eigenvalue weighted by Crippen LogP contribution is -2.20. The Morgan fingerprint density at radius 3 is 2.65 bits per heavy atom. The zero-order valence-electron chi connectivity index (χ0n) is 13.4. The topological polar surface area (TPSA) is 68.5 Å². The summed E-state index contributed by atoms with van der Waals surface area (Å²) in [5.41, 5.74) is 1.86. The Labute approximate surface area is 158 Å². The summed E-state index contributed by atoms with van der Waals surface area (Å²) < 4.78 is 7.07. The smallest absolute Gasteiger partial charge is 0.264 e. The molecule has 130 valence electrons. The summed E-state index contributed by atoms with van der Waals surface area (Å²) >= 11 is 7.11. The van der Waals surface area contributed by atoms with E-state index >= 15 is 0 Å². The molecule has 2 aromatic carbocycles. The lowest BCUT2D eigenvalue weighted by Gasteiger charge is -2.05. The first kappa shape index (κ1) is 16.6. The van der Waals surface area contributed by atoms with E-state index < -0.39 is 0 Å². The van der Waals surface area contributed by atoms with Crippen molar-refractivity contribution >= 4 is 38.9 Å². The van der Waals surface area contributed by atoms with Crippen LogP contribution in [-0.2, 0) is 4.79 Å². The molecule has 0 spiro atoms. The van der Waals surface area contributed by atoms with Crippen molar-refractivity contribution in [2.24, 2.45) is 0 Å². The number of hydrogen-bond acceptors (Lipinski definition) is 5. The van der Waals surface area contributed by atoms with Gasteiger partial charge in [-0.1, -0.05) is 53.3 Å². The minimum atomic E-state index is -0.291. The average Bonchev–Trinajstić information content (AvgIpc) is 3.20. The van der Waals surface area contributed by atoms with E-state index in [1.807, 2.05) is 36.5 Å². The van der Waals surface area contributed by atoms with Gasteiger partial charge in [-0.3, -0.25) is 10.1 Å². The van der Waals surface area contributed by atoms with E-state index in [0.29, 0.717) is 20.9 Å². The second kappa shape index (κ2) is 7.15. The van der Waals surface area contributed by atoms with E-state index in [1.54, 1.807) is 28.8 Å². The third kappa shape index (κ3) is 3.68. The van der Waals surface area contributed by atoms with E-state index in [9.17, 15) is 4.79 Å². The van der Waals surface area contributed by atoms with Crippen molar-refractivity contribution in [3.63, 3.8) is 0 Å². The first-order valence-corrected chi connectivity index (χ1v) is 8.97. The summed E-state index contributed by atoms with van der Waals surface area (Å²) in [5.74, 6) is 0.284. The fraction of sp³-hybridized carbons (Fsp3) is 0.0556. The first-order chi connectivity index (χ1) is 12.7. The predicted octanol–water partition coefficient (Wildman–Crippen LogP) is 4.13. The number of carbonyl (C=O) groups excluding carboxylic acids is 1. The minimum absolute atomic E-state index is 0.112. The molecule has 4 aromatic rings. The van der Waals surface area contributed by atoms with Crippen LogP contribution in [-0.4, -0.2) is 27.1 Å². The van der Waals surface area contributed by atoms with Crippen LogP contribution >= 0.6 is 22.9 Å². The number of halogens is 1. The number of nitrogens with one attached hydrogen (secondary N) is 1. The Morgan fingerprint density at radius 2 is 1.92 bits per heavy atom. The molecule has 1 N–H and O–H groups in total. The highest BCUT2D eigenvalue weighted by Crippen LogP contribution is 2.24. The Hall–Kier alpha value is -2.90. The molecule has 0 atom stereocenters. The molecule has 4 rings (SSSR count). The zero-order valence-corrected chi connectivity index (χ0v) is 15.0. The highest BCUT2D eigenvalue weighted by atomic mass is 35.5. The first-order valence-electron chi connectivity index (χ1n) is 7.77. The minimum Gasteiger partial charge on any atom is -0.484 e. The van der Waals surface area contributed by atoms with Gasteiger partial charge in [0.05, 0.1) is 11.9 Å². The predicted molar refractivity (Wildman–Crippen MR) is 102 cm³/mol. The number of hydrogen-bond donors (Lipinski definition) is 1. The van der Waals surface area contributed by atoms with E-state index in [0.717, 1.165) is 11.3 Å². The normalized spacial score (nSPS) is 10.8. The number of carbonyl (C=O) groups is 1. The van der Waals surface area contributed by atoms with Gasteiger partial charge in [-0.25, -0.2) is 9.50 Å². The van der Waals surface area contributed by atoms with Crippen LogP contribution in [0, 0.1) is 0 Å². The maximum absolute atomic E-state index is 12.0. The van der Waals surface area contributed by atoms with Crippen LogP contribution in [0.5, 0.6) is 5.75 Å². The van der Waals surface area contributed by atoms with E-state index in [-0.39, 0.29) is 12.5 Å². The van der Waals surface area contributed by atoms with Gasteiger partial charge in [0.25, 0.3) is 5.91 Å². The van der Waals surface area contributed by atoms with Gasteiger partial charge in [-0.2, -0.15) is 0 Å². The van der Waals surface area contributed by atoms with Gasteiger partial charge in [-0.05, 0) is 24.3 Å². The van der Waals surface area contributed by atoms with Crippen LogP contribution in [0.15, 0.2) is 60.8 Å². The molecule has 0 fully saturated rings. The molecule has 8 heteroatoms. The van der Waals surface area contributed by atoms with Gasteiger partial charge in [0, 0.05) is 10.6 Å². The molecule has 0 radical (unpaired) electrons.